The fourth-order valence-electron chi connectivity index (χ4n) is 1.64. The molecule has 8 nitrogen and oxygen atoms in total. The van der Waals surface area contributed by atoms with E-state index in [4.69, 9.17) is 10.6 Å². The first-order chi connectivity index (χ1) is 8.69. The van der Waals surface area contributed by atoms with Gasteiger partial charge in [0.15, 0.2) is 11.3 Å². The lowest BCUT2D eigenvalue weighted by molar-refractivity contribution is 0.0506. The molecule has 2 aromatic heterocycles. The Labute approximate surface area is 103 Å². The van der Waals surface area contributed by atoms with Crippen LogP contribution in [0.5, 0.6) is 0 Å². The van der Waals surface area contributed by atoms with Crippen molar-refractivity contribution in [1.82, 2.24) is 20.4 Å². The monoisotopic (exact) mass is 250 g/mol. The first kappa shape index (κ1) is 12.2. The molecule has 0 saturated carbocycles. The number of nitrogens with zero attached hydrogens (tertiary/aromatic N) is 3. The lowest BCUT2D eigenvalue weighted by atomic mass is 10.1. The van der Waals surface area contributed by atoms with E-state index < -0.39 is 5.97 Å². The highest BCUT2D eigenvalue weighted by atomic mass is 16.5. The van der Waals surface area contributed by atoms with Crippen LogP contribution in [-0.2, 0) is 4.74 Å². The number of hydrazine groups is 1. The van der Waals surface area contributed by atoms with Crippen molar-refractivity contribution in [1.29, 1.82) is 0 Å². The van der Waals surface area contributed by atoms with Gasteiger partial charge in [0, 0.05) is 0 Å². The quantitative estimate of drug-likeness (QED) is 0.411. The Balaban J connectivity index is 2.53. The third-order valence-corrected chi connectivity index (χ3v) is 2.44. The molecule has 2 aromatic rings. The lowest BCUT2D eigenvalue weighted by Crippen LogP contribution is -2.14. The third kappa shape index (κ3) is 1.97. The molecule has 0 saturated heterocycles. The molecule has 0 radical (unpaired) electrons. The van der Waals surface area contributed by atoms with Crippen LogP contribution in [0.1, 0.15) is 29.4 Å². The molecular weight excluding hydrogens is 236 g/mol. The van der Waals surface area contributed by atoms with Crippen LogP contribution in [0, 0.1) is 6.92 Å². The third-order valence-electron chi connectivity index (χ3n) is 2.44. The highest BCUT2D eigenvalue weighted by molar-refractivity contribution is 6.05. The SMILES string of the molecule is CCCOC(=O)c1c(C)nc(NN)c2nn[nH]c12. The fourth-order valence-corrected chi connectivity index (χ4v) is 1.64. The summed E-state index contributed by atoms with van der Waals surface area (Å²) in [7, 11) is 0. The molecule has 2 heterocycles. The number of aromatic nitrogens is 4. The highest BCUT2D eigenvalue weighted by Gasteiger charge is 2.20. The average Bonchev–Trinajstić information content (AvgIpc) is 2.83. The summed E-state index contributed by atoms with van der Waals surface area (Å²) < 4.78 is 5.10. The van der Waals surface area contributed by atoms with E-state index in [1.54, 1.807) is 6.92 Å². The van der Waals surface area contributed by atoms with Crippen LogP contribution in [0.4, 0.5) is 5.82 Å². The molecule has 96 valence electrons. The van der Waals surface area contributed by atoms with E-state index in [0.717, 1.165) is 6.42 Å². The summed E-state index contributed by atoms with van der Waals surface area (Å²) >= 11 is 0. The predicted molar refractivity (Wildman–Crippen MR) is 64.8 cm³/mol. The van der Waals surface area contributed by atoms with Gasteiger partial charge >= 0.3 is 5.97 Å². The number of nitrogens with two attached hydrogens (primary N) is 1. The Kier molecular flexibility index (Phi) is 3.38. The van der Waals surface area contributed by atoms with Gasteiger partial charge in [0.25, 0.3) is 0 Å². The van der Waals surface area contributed by atoms with Crippen molar-refractivity contribution in [3.05, 3.63) is 11.3 Å². The van der Waals surface area contributed by atoms with Gasteiger partial charge in [-0.05, 0) is 13.3 Å². The molecular formula is C10H14N6O2. The van der Waals surface area contributed by atoms with E-state index in [1.807, 2.05) is 6.92 Å². The molecule has 0 fully saturated rings. The largest absolute Gasteiger partial charge is 0.462 e. The summed E-state index contributed by atoms with van der Waals surface area (Å²) in [6.07, 6.45) is 0.755. The molecule has 2 rings (SSSR count). The number of aromatic amines is 1. The van der Waals surface area contributed by atoms with Crippen molar-refractivity contribution in [3.8, 4) is 0 Å². The maximum absolute atomic E-state index is 11.9. The van der Waals surface area contributed by atoms with Gasteiger partial charge in [-0.25, -0.2) is 15.6 Å². The van der Waals surface area contributed by atoms with E-state index in [0.29, 0.717) is 34.7 Å². The van der Waals surface area contributed by atoms with Gasteiger partial charge in [0.1, 0.15) is 11.1 Å². The Morgan fingerprint density at radius 3 is 3.00 bits per heavy atom. The summed E-state index contributed by atoms with van der Waals surface area (Å²) in [6, 6.07) is 0. The van der Waals surface area contributed by atoms with E-state index in [-0.39, 0.29) is 0 Å². The number of rotatable bonds is 4. The minimum atomic E-state index is -0.443. The van der Waals surface area contributed by atoms with E-state index in [1.165, 1.54) is 0 Å². The van der Waals surface area contributed by atoms with Gasteiger partial charge < -0.3 is 10.2 Å². The molecule has 4 N–H and O–H groups in total. The van der Waals surface area contributed by atoms with Gasteiger partial charge in [-0.1, -0.05) is 12.1 Å². The summed E-state index contributed by atoms with van der Waals surface area (Å²) in [5.74, 6) is 5.26. The van der Waals surface area contributed by atoms with Crippen LogP contribution in [0.15, 0.2) is 0 Å². The molecule has 0 bridgehead atoms. The Morgan fingerprint density at radius 1 is 1.56 bits per heavy atom. The number of esters is 1. The second-order valence-electron chi connectivity index (χ2n) is 3.74. The number of carbonyl (C=O) groups is 1. The maximum atomic E-state index is 11.9. The van der Waals surface area contributed by atoms with Crippen LogP contribution < -0.4 is 11.3 Å². The molecule has 0 atom stereocenters. The zero-order valence-corrected chi connectivity index (χ0v) is 10.1. The second-order valence-corrected chi connectivity index (χ2v) is 3.74. The number of ether oxygens (including phenoxy) is 1. The normalized spacial score (nSPS) is 10.6. The van der Waals surface area contributed by atoms with Crippen LogP contribution >= 0.6 is 0 Å². The first-order valence-electron chi connectivity index (χ1n) is 5.54. The van der Waals surface area contributed by atoms with Crippen LogP contribution in [0.2, 0.25) is 0 Å². The lowest BCUT2D eigenvalue weighted by Gasteiger charge is -2.08. The average molecular weight is 250 g/mol. The second kappa shape index (κ2) is 4.96. The van der Waals surface area contributed by atoms with Crippen molar-refractivity contribution in [2.45, 2.75) is 20.3 Å². The smallest absolute Gasteiger partial charge is 0.342 e. The predicted octanol–water partition coefficient (Wildman–Crippen LogP) is 0.514. The van der Waals surface area contributed by atoms with Gasteiger partial charge in [-0.3, -0.25) is 5.10 Å². The number of H-pyrrole nitrogens is 1. The number of aryl methyl sites for hydroxylation is 1. The Hall–Kier alpha value is -2.22. The Bertz CT molecular complexity index is 579. The van der Waals surface area contributed by atoms with Crippen LogP contribution in [0.25, 0.3) is 11.0 Å². The van der Waals surface area contributed by atoms with Crippen molar-refractivity contribution in [3.63, 3.8) is 0 Å². The number of anilines is 1. The van der Waals surface area contributed by atoms with Crippen molar-refractivity contribution in [2.24, 2.45) is 5.84 Å². The van der Waals surface area contributed by atoms with Gasteiger partial charge in [0.2, 0.25) is 0 Å². The number of hydrogen-bond donors (Lipinski definition) is 3. The molecule has 18 heavy (non-hydrogen) atoms. The molecule has 0 unspecified atom stereocenters. The summed E-state index contributed by atoms with van der Waals surface area (Å²) in [5, 5.41) is 10.2. The maximum Gasteiger partial charge on any atom is 0.342 e. The molecule has 0 aliphatic carbocycles. The summed E-state index contributed by atoms with van der Waals surface area (Å²) in [5.41, 5.74) is 4.14. The molecule has 0 aliphatic heterocycles. The number of hydrogen-bond acceptors (Lipinski definition) is 7. The van der Waals surface area contributed by atoms with Gasteiger partial charge in [0.05, 0.1) is 12.3 Å². The molecule has 0 aliphatic rings. The fraction of sp³-hybridized carbons (Fsp3) is 0.400. The minimum absolute atomic E-state index is 0.336. The molecule has 8 heteroatoms. The van der Waals surface area contributed by atoms with Crippen LogP contribution in [0.3, 0.4) is 0 Å². The zero-order valence-electron chi connectivity index (χ0n) is 10.1. The molecule has 0 aromatic carbocycles. The highest BCUT2D eigenvalue weighted by Crippen LogP contribution is 2.23. The first-order valence-corrected chi connectivity index (χ1v) is 5.54. The number of nitrogen functional groups attached to an aromatic ring is 1. The van der Waals surface area contributed by atoms with Crippen molar-refractivity contribution < 1.29 is 9.53 Å². The van der Waals surface area contributed by atoms with Gasteiger partial charge in [-0.2, -0.15) is 0 Å². The summed E-state index contributed by atoms with van der Waals surface area (Å²) in [4.78, 5) is 16.1. The van der Waals surface area contributed by atoms with E-state index in [2.05, 4.69) is 25.8 Å². The number of pyridine rings is 1. The molecule has 0 spiro atoms. The number of nitrogens with one attached hydrogen (secondary N) is 2. The Morgan fingerprint density at radius 2 is 2.33 bits per heavy atom. The zero-order chi connectivity index (χ0) is 13.1. The minimum Gasteiger partial charge on any atom is -0.462 e. The van der Waals surface area contributed by atoms with E-state index >= 15 is 0 Å². The van der Waals surface area contributed by atoms with Crippen LogP contribution in [-0.4, -0.2) is 33.0 Å². The molecule has 0 amide bonds. The van der Waals surface area contributed by atoms with Crippen molar-refractivity contribution in [2.75, 3.05) is 12.0 Å². The topological polar surface area (TPSA) is 119 Å². The van der Waals surface area contributed by atoms with Crippen molar-refractivity contribution >= 4 is 22.8 Å². The number of fused-ring (bicyclic) bond motifs is 1. The number of carbonyl (C=O) groups excluding carboxylic acids is 1. The standard InChI is InChI=1S/C10H14N6O2/c1-3-4-18-10(17)6-5(2)12-9(13-11)8-7(6)14-16-15-8/h3-4,11H2,1-2H3,(H,12,13)(H,14,15,16). The van der Waals surface area contributed by atoms with E-state index in [9.17, 15) is 4.79 Å². The summed E-state index contributed by atoms with van der Waals surface area (Å²) in [6.45, 7) is 3.98. The van der Waals surface area contributed by atoms with Gasteiger partial charge in [-0.15, -0.1) is 5.10 Å².